The van der Waals surface area contributed by atoms with Crippen molar-refractivity contribution in [2.45, 2.75) is 18.7 Å². The molecular formula is C13H11BrClFS. The van der Waals surface area contributed by atoms with Gasteiger partial charge in [0.15, 0.2) is 0 Å². The molecule has 0 saturated heterocycles. The summed E-state index contributed by atoms with van der Waals surface area (Å²) in [5, 5.41) is -0.120. The zero-order valence-corrected chi connectivity index (χ0v) is 12.4. The van der Waals surface area contributed by atoms with Gasteiger partial charge in [-0.05, 0) is 53.0 Å². The van der Waals surface area contributed by atoms with Crippen molar-refractivity contribution in [3.05, 3.63) is 55.9 Å². The number of aryl methyl sites for hydroxylation is 1. The van der Waals surface area contributed by atoms with Gasteiger partial charge in [0.25, 0.3) is 0 Å². The van der Waals surface area contributed by atoms with Crippen LogP contribution in [0.15, 0.2) is 34.8 Å². The summed E-state index contributed by atoms with van der Waals surface area (Å²) >= 11 is 11.5. The third kappa shape index (κ3) is 3.30. The Balaban J connectivity index is 2.16. The van der Waals surface area contributed by atoms with E-state index >= 15 is 0 Å². The molecule has 1 unspecified atom stereocenters. The summed E-state index contributed by atoms with van der Waals surface area (Å²) < 4.78 is 14.1. The molecule has 0 bridgehead atoms. The fourth-order valence-corrected chi connectivity index (χ4v) is 4.14. The second kappa shape index (κ2) is 5.51. The average Bonchev–Trinajstić information content (AvgIpc) is 2.58. The van der Waals surface area contributed by atoms with Crippen LogP contribution in [-0.2, 0) is 6.42 Å². The predicted octanol–water partition coefficient (Wildman–Crippen LogP) is 5.48. The maximum Gasteiger partial charge on any atom is 0.123 e. The molecule has 2 aromatic rings. The number of alkyl halides is 1. The molecule has 1 aromatic carbocycles. The van der Waals surface area contributed by atoms with E-state index in [0.29, 0.717) is 6.42 Å². The Labute approximate surface area is 118 Å². The van der Waals surface area contributed by atoms with Crippen molar-refractivity contribution in [1.82, 2.24) is 0 Å². The van der Waals surface area contributed by atoms with E-state index in [0.717, 1.165) is 14.9 Å². The highest BCUT2D eigenvalue weighted by Crippen LogP contribution is 2.37. The first-order chi connectivity index (χ1) is 8.06. The van der Waals surface area contributed by atoms with Crippen molar-refractivity contribution in [2.75, 3.05) is 0 Å². The van der Waals surface area contributed by atoms with Crippen molar-refractivity contribution in [3.8, 4) is 0 Å². The molecule has 17 heavy (non-hydrogen) atoms. The molecule has 0 radical (unpaired) electrons. The van der Waals surface area contributed by atoms with Crippen LogP contribution in [0.4, 0.5) is 4.39 Å². The summed E-state index contributed by atoms with van der Waals surface area (Å²) in [4.78, 5) is 2.32. The average molecular weight is 334 g/mol. The van der Waals surface area contributed by atoms with Crippen molar-refractivity contribution in [2.24, 2.45) is 0 Å². The lowest BCUT2D eigenvalue weighted by Crippen LogP contribution is -1.94. The van der Waals surface area contributed by atoms with Gasteiger partial charge in [0.05, 0.1) is 5.38 Å². The van der Waals surface area contributed by atoms with Crippen LogP contribution in [0, 0.1) is 12.7 Å². The molecule has 0 aliphatic carbocycles. The smallest absolute Gasteiger partial charge is 0.123 e. The van der Waals surface area contributed by atoms with Gasteiger partial charge in [0, 0.05) is 14.2 Å². The van der Waals surface area contributed by atoms with E-state index in [1.807, 2.05) is 13.0 Å². The molecule has 1 heterocycles. The molecule has 0 amide bonds. The summed E-state index contributed by atoms with van der Waals surface area (Å²) in [6.07, 6.45) is 0.637. The molecule has 0 N–H and O–H groups in total. The zero-order chi connectivity index (χ0) is 12.4. The first-order valence-corrected chi connectivity index (χ1v) is 7.25. The first-order valence-electron chi connectivity index (χ1n) is 5.20. The zero-order valence-electron chi connectivity index (χ0n) is 9.21. The number of benzene rings is 1. The van der Waals surface area contributed by atoms with E-state index in [4.69, 9.17) is 11.6 Å². The molecule has 90 valence electrons. The number of hydrogen-bond donors (Lipinski definition) is 0. The fraction of sp³-hybridized carbons (Fsp3) is 0.231. The molecule has 2 rings (SSSR count). The van der Waals surface area contributed by atoms with Crippen LogP contribution in [0.25, 0.3) is 0 Å². The molecule has 1 aromatic heterocycles. The predicted molar refractivity (Wildman–Crippen MR) is 75.5 cm³/mol. The SMILES string of the molecule is Cc1cc(Br)c(C(Cl)Cc2cccc(F)c2)s1. The van der Waals surface area contributed by atoms with Gasteiger partial charge < -0.3 is 0 Å². The molecule has 0 fully saturated rings. The fourth-order valence-electron chi connectivity index (χ4n) is 1.68. The van der Waals surface area contributed by atoms with E-state index in [9.17, 15) is 4.39 Å². The highest BCUT2D eigenvalue weighted by molar-refractivity contribution is 9.10. The van der Waals surface area contributed by atoms with E-state index < -0.39 is 0 Å². The molecule has 0 aliphatic rings. The minimum atomic E-state index is -0.215. The number of hydrogen-bond acceptors (Lipinski definition) is 1. The number of thiophene rings is 1. The highest BCUT2D eigenvalue weighted by atomic mass is 79.9. The Morgan fingerprint density at radius 1 is 1.41 bits per heavy atom. The lowest BCUT2D eigenvalue weighted by Gasteiger charge is -2.08. The molecule has 0 saturated carbocycles. The third-order valence-corrected chi connectivity index (χ3v) is 5.01. The van der Waals surface area contributed by atoms with Gasteiger partial charge in [-0.2, -0.15) is 0 Å². The van der Waals surface area contributed by atoms with Crippen LogP contribution in [0.5, 0.6) is 0 Å². The Morgan fingerprint density at radius 3 is 2.76 bits per heavy atom. The van der Waals surface area contributed by atoms with Crippen molar-refractivity contribution < 1.29 is 4.39 Å². The lowest BCUT2D eigenvalue weighted by molar-refractivity contribution is 0.625. The molecule has 0 nitrogen and oxygen atoms in total. The quantitative estimate of drug-likeness (QED) is 0.652. The largest absolute Gasteiger partial charge is 0.207 e. The highest BCUT2D eigenvalue weighted by Gasteiger charge is 2.15. The normalized spacial score (nSPS) is 12.7. The maximum atomic E-state index is 13.1. The van der Waals surface area contributed by atoms with E-state index in [1.165, 1.54) is 17.0 Å². The van der Waals surface area contributed by atoms with E-state index in [-0.39, 0.29) is 11.2 Å². The second-order valence-corrected chi connectivity index (χ2v) is 6.54. The van der Waals surface area contributed by atoms with E-state index in [2.05, 4.69) is 22.0 Å². The van der Waals surface area contributed by atoms with Crippen LogP contribution in [0.1, 0.15) is 20.7 Å². The standard InChI is InChI=1S/C13H11BrClFS/c1-8-5-11(14)13(17-8)12(15)7-9-3-2-4-10(16)6-9/h2-6,12H,7H2,1H3. The molecule has 0 spiro atoms. The monoisotopic (exact) mass is 332 g/mol. The molecule has 1 atom stereocenters. The Morgan fingerprint density at radius 2 is 2.18 bits per heavy atom. The molecule has 0 aliphatic heterocycles. The van der Waals surface area contributed by atoms with Crippen molar-refractivity contribution in [1.29, 1.82) is 0 Å². The summed E-state index contributed by atoms with van der Waals surface area (Å²) in [5.41, 5.74) is 0.919. The summed E-state index contributed by atoms with van der Waals surface area (Å²) in [6, 6.07) is 8.64. The topological polar surface area (TPSA) is 0 Å². The summed E-state index contributed by atoms with van der Waals surface area (Å²) in [6.45, 7) is 2.05. The van der Waals surface area contributed by atoms with Gasteiger partial charge in [-0.15, -0.1) is 22.9 Å². The minimum absolute atomic E-state index is 0.120. The number of halogens is 3. The van der Waals surface area contributed by atoms with Gasteiger partial charge in [0.1, 0.15) is 5.82 Å². The van der Waals surface area contributed by atoms with Crippen LogP contribution in [0.2, 0.25) is 0 Å². The summed E-state index contributed by atoms with van der Waals surface area (Å²) in [5.74, 6) is -0.215. The van der Waals surface area contributed by atoms with Crippen molar-refractivity contribution >= 4 is 38.9 Å². The Hall–Kier alpha value is -0.380. The minimum Gasteiger partial charge on any atom is -0.207 e. The maximum absolute atomic E-state index is 13.1. The van der Waals surface area contributed by atoms with Gasteiger partial charge in [-0.25, -0.2) is 4.39 Å². The van der Waals surface area contributed by atoms with Crippen molar-refractivity contribution in [3.63, 3.8) is 0 Å². The van der Waals surface area contributed by atoms with E-state index in [1.54, 1.807) is 17.4 Å². The molecule has 4 heteroatoms. The van der Waals surface area contributed by atoms with Gasteiger partial charge in [-0.1, -0.05) is 12.1 Å². The van der Waals surface area contributed by atoms with Gasteiger partial charge in [-0.3, -0.25) is 0 Å². The summed E-state index contributed by atoms with van der Waals surface area (Å²) in [7, 11) is 0. The first kappa shape index (κ1) is 13.1. The van der Waals surface area contributed by atoms with Crippen LogP contribution in [-0.4, -0.2) is 0 Å². The van der Waals surface area contributed by atoms with Gasteiger partial charge in [0.2, 0.25) is 0 Å². The van der Waals surface area contributed by atoms with Crippen LogP contribution >= 0.6 is 38.9 Å². The Kier molecular flexibility index (Phi) is 4.23. The van der Waals surface area contributed by atoms with Crippen LogP contribution < -0.4 is 0 Å². The molecular weight excluding hydrogens is 323 g/mol. The Bertz CT molecular complexity index is 524. The number of rotatable bonds is 3. The second-order valence-electron chi connectivity index (χ2n) is 3.87. The van der Waals surface area contributed by atoms with Crippen LogP contribution in [0.3, 0.4) is 0 Å². The van der Waals surface area contributed by atoms with Gasteiger partial charge >= 0.3 is 0 Å². The third-order valence-electron chi connectivity index (χ3n) is 2.42. The lowest BCUT2D eigenvalue weighted by atomic mass is 10.1.